The maximum atomic E-state index is 12.7. The summed E-state index contributed by atoms with van der Waals surface area (Å²) in [7, 11) is 1.70. The van der Waals surface area contributed by atoms with Crippen molar-refractivity contribution in [3.63, 3.8) is 0 Å². The normalized spacial score (nSPS) is 11.8. The van der Waals surface area contributed by atoms with Gasteiger partial charge in [0.15, 0.2) is 0 Å². The maximum Gasteiger partial charge on any atom is 0.511 e. The molecule has 7 heteroatoms. The van der Waals surface area contributed by atoms with Gasteiger partial charge in [-0.25, -0.2) is 0 Å². The lowest BCUT2D eigenvalue weighted by molar-refractivity contribution is 0.501. The van der Waals surface area contributed by atoms with E-state index in [-0.39, 0.29) is 5.02 Å². The topological polar surface area (TPSA) is 17.8 Å². The van der Waals surface area contributed by atoms with Crippen LogP contribution in [0.5, 0.6) is 0 Å². The second-order valence-electron chi connectivity index (χ2n) is 3.71. The molecule has 2 aromatic rings. The molecular weight excluding hydrogens is 251 g/mol. The molecule has 0 aliphatic carbocycles. The lowest BCUT2D eigenvalue weighted by Gasteiger charge is -2.17. The van der Waals surface area contributed by atoms with Crippen LogP contribution >= 0.6 is 11.6 Å². The van der Waals surface area contributed by atoms with Crippen LogP contribution in [0.3, 0.4) is 0 Å². The van der Waals surface area contributed by atoms with E-state index in [1.54, 1.807) is 19.3 Å². The SMILES string of the molecule is Cn1cc(-c2ccc(Cl)c([B-](F)(F)F)c2)cn1. The summed E-state index contributed by atoms with van der Waals surface area (Å²) in [6, 6.07) is 3.86. The monoisotopic (exact) mass is 259 g/mol. The number of hydrogen-bond acceptors (Lipinski definition) is 1. The first-order valence-electron chi connectivity index (χ1n) is 4.86. The van der Waals surface area contributed by atoms with Crippen molar-refractivity contribution in [1.82, 2.24) is 9.78 Å². The molecule has 0 fully saturated rings. The van der Waals surface area contributed by atoms with Gasteiger partial charge in [-0.05, 0) is 11.6 Å². The Morgan fingerprint density at radius 1 is 1.24 bits per heavy atom. The van der Waals surface area contributed by atoms with Crippen LogP contribution in [0, 0.1) is 0 Å². The number of nitrogens with zero attached hydrogens (tertiary/aromatic N) is 2. The van der Waals surface area contributed by atoms with E-state index in [1.165, 1.54) is 16.9 Å². The lowest BCUT2D eigenvalue weighted by atomic mass is 9.79. The molecule has 2 rings (SSSR count). The first-order chi connectivity index (χ1) is 7.88. The van der Waals surface area contributed by atoms with Gasteiger partial charge in [0.1, 0.15) is 0 Å². The van der Waals surface area contributed by atoms with Crippen LogP contribution in [0.15, 0.2) is 30.6 Å². The van der Waals surface area contributed by atoms with E-state index in [2.05, 4.69) is 5.10 Å². The van der Waals surface area contributed by atoms with Crippen LogP contribution in [-0.4, -0.2) is 16.8 Å². The minimum atomic E-state index is -5.10. The molecule has 90 valence electrons. The quantitative estimate of drug-likeness (QED) is 0.758. The highest BCUT2D eigenvalue weighted by molar-refractivity contribution is 6.76. The number of halogens is 4. The summed E-state index contributed by atoms with van der Waals surface area (Å²) in [6.45, 7) is -5.10. The molecule has 0 N–H and O–H groups in total. The molecule has 0 saturated carbocycles. The van der Waals surface area contributed by atoms with Gasteiger partial charge in [-0.15, -0.1) is 0 Å². The zero-order chi connectivity index (χ0) is 12.6. The Kier molecular flexibility index (Phi) is 2.91. The molecule has 0 atom stereocenters. The Balaban J connectivity index is 2.51. The van der Waals surface area contributed by atoms with E-state index < -0.39 is 12.4 Å². The van der Waals surface area contributed by atoms with E-state index in [0.717, 1.165) is 6.07 Å². The molecule has 0 aliphatic rings. The average molecular weight is 259 g/mol. The summed E-state index contributed by atoms with van der Waals surface area (Å²) >= 11 is 5.55. The van der Waals surface area contributed by atoms with Gasteiger partial charge >= 0.3 is 6.98 Å². The molecule has 2 nitrogen and oxygen atoms in total. The summed E-state index contributed by atoms with van der Waals surface area (Å²) in [5.41, 5.74) is 0.315. The molecule has 0 aliphatic heterocycles. The van der Waals surface area contributed by atoms with E-state index in [4.69, 9.17) is 11.6 Å². The number of rotatable bonds is 2. The summed E-state index contributed by atoms with van der Waals surface area (Å²) in [6.07, 6.45) is 3.16. The number of benzene rings is 1. The van der Waals surface area contributed by atoms with Gasteiger partial charge in [0, 0.05) is 23.8 Å². The van der Waals surface area contributed by atoms with Crippen molar-refractivity contribution in [2.45, 2.75) is 0 Å². The second-order valence-corrected chi connectivity index (χ2v) is 4.12. The number of hydrogen-bond donors (Lipinski definition) is 0. The molecular formula is C10H8BClF3N2-. The van der Waals surface area contributed by atoms with Crippen LogP contribution in [0.2, 0.25) is 5.02 Å². The summed E-state index contributed by atoms with van der Waals surface area (Å²) in [4.78, 5) is 0. The Hall–Kier alpha value is -1.43. The van der Waals surface area contributed by atoms with Gasteiger partial charge < -0.3 is 12.9 Å². The van der Waals surface area contributed by atoms with E-state index in [0.29, 0.717) is 11.1 Å². The fraction of sp³-hybridized carbons (Fsp3) is 0.100. The van der Waals surface area contributed by atoms with Crippen LogP contribution in [0.25, 0.3) is 11.1 Å². The molecule has 0 bridgehead atoms. The van der Waals surface area contributed by atoms with E-state index in [9.17, 15) is 12.9 Å². The van der Waals surface area contributed by atoms with Crippen molar-refractivity contribution in [1.29, 1.82) is 0 Å². The van der Waals surface area contributed by atoms with Crippen molar-refractivity contribution in [3.05, 3.63) is 35.6 Å². The van der Waals surface area contributed by atoms with Crippen molar-refractivity contribution in [2.75, 3.05) is 0 Å². The zero-order valence-corrected chi connectivity index (χ0v) is 9.63. The van der Waals surface area contributed by atoms with Gasteiger partial charge in [0.05, 0.1) is 6.20 Å². The molecule has 0 radical (unpaired) electrons. The lowest BCUT2D eigenvalue weighted by Crippen LogP contribution is -2.34. The largest absolute Gasteiger partial charge is 0.511 e. The molecule has 1 aromatic carbocycles. The predicted octanol–water partition coefficient (Wildman–Crippen LogP) is 2.79. The van der Waals surface area contributed by atoms with Gasteiger partial charge in [-0.3, -0.25) is 4.68 Å². The minimum absolute atomic E-state index is 0.273. The Morgan fingerprint density at radius 3 is 2.47 bits per heavy atom. The molecule has 17 heavy (non-hydrogen) atoms. The standard InChI is InChI=1S/C10H8BClF3N2/c1-17-6-8(5-16-17)7-2-3-10(12)9(4-7)11(13,14)15/h2-6H,1H3/q-1. The van der Waals surface area contributed by atoms with Crippen LogP contribution in [0.1, 0.15) is 0 Å². The fourth-order valence-electron chi connectivity index (χ4n) is 1.54. The van der Waals surface area contributed by atoms with Crippen LogP contribution in [0.4, 0.5) is 12.9 Å². The molecule has 0 spiro atoms. The third-order valence-corrected chi connectivity index (χ3v) is 2.73. The third kappa shape index (κ3) is 2.47. The number of aromatic nitrogens is 2. The molecule has 1 aromatic heterocycles. The van der Waals surface area contributed by atoms with Crippen LogP contribution in [-0.2, 0) is 7.05 Å². The highest BCUT2D eigenvalue weighted by Gasteiger charge is 2.28. The third-order valence-electron chi connectivity index (χ3n) is 2.39. The minimum Gasteiger partial charge on any atom is -0.445 e. The van der Waals surface area contributed by atoms with E-state index in [1.807, 2.05) is 0 Å². The summed E-state index contributed by atoms with van der Waals surface area (Å²) in [5, 5.41) is 3.64. The summed E-state index contributed by atoms with van der Waals surface area (Å²) < 4.78 is 39.7. The smallest absolute Gasteiger partial charge is 0.445 e. The molecule has 0 amide bonds. The van der Waals surface area contributed by atoms with Gasteiger partial charge in [0.2, 0.25) is 0 Å². The first-order valence-corrected chi connectivity index (χ1v) is 5.24. The molecule has 0 unspecified atom stereocenters. The van der Waals surface area contributed by atoms with E-state index >= 15 is 0 Å². The predicted molar refractivity (Wildman–Crippen MR) is 62.4 cm³/mol. The summed E-state index contributed by atoms with van der Waals surface area (Å²) in [5.74, 6) is 0. The first kappa shape index (κ1) is 12.0. The average Bonchev–Trinajstić information content (AvgIpc) is 2.64. The number of aryl methyl sites for hydroxylation is 1. The van der Waals surface area contributed by atoms with Crippen molar-refractivity contribution in [3.8, 4) is 11.1 Å². The Labute approximate surface area is 101 Å². The highest BCUT2D eigenvalue weighted by Crippen LogP contribution is 2.23. The van der Waals surface area contributed by atoms with Crippen molar-refractivity contribution < 1.29 is 12.9 Å². The van der Waals surface area contributed by atoms with Gasteiger partial charge in [-0.1, -0.05) is 29.2 Å². The Bertz CT molecular complexity index is 551. The molecule has 1 heterocycles. The van der Waals surface area contributed by atoms with Crippen molar-refractivity contribution in [2.24, 2.45) is 7.05 Å². The maximum absolute atomic E-state index is 12.7. The van der Waals surface area contributed by atoms with Crippen LogP contribution < -0.4 is 5.46 Å². The van der Waals surface area contributed by atoms with Gasteiger partial charge in [0.25, 0.3) is 0 Å². The second kappa shape index (κ2) is 4.11. The fourth-order valence-corrected chi connectivity index (χ4v) is 1.79. The Morgan fingerprint density at radius 2 is 1.94 bits per heavy atom. The van der Waals surface area contributed by atoms with Gasteiger partial charge in [-0.2, -0.15) is 5.10 Å². The van der Waals surface area contributed by atoms with Crippen molar-refractivity contribution >= 4 is 24.0 Å². The zero-order valence-electron chi connectivity index (χ0n) is 8.87. The highest BCUT2D eigenvalue weighted by atomic mass is 35.5. The molecule has 0 saturated heterocycles.